The highest BCUT2D eigenvalue weighted by Gasteiger charge is 2.41. The van der Waals surface area contributed by atoms with Crippen LogP contribution >= 0.6 is 0 Å². The Balaban J connectivity index is 2.27. The predicted octanol–water partition coefficient (Wildman–Crippen LogP) is 4.29. The minimum atomic E-state index is 0.240. The molecule has 2 heteroatoms. The molecule has 0 radical (unpaired) electrons. The van der Waals surface area contributed by atoms with Crippen LogP contribution in [-0.2, 0) is 10.2 Å². The Kier molecular flexibility index (Phi) is 6.25. The maximum atomic E-state index is 5.99. The first-order valence-corrected chi connectivity index (χ1v) is 8.59. The second-order valence-corrected chi connectivity index (χ2v) is 6.58. The van der Waals surface area contributed by atoms with Crippen molar-refractivity contribution in [2.45, 2.75) is 70.4 Å². The molecule has 0 aliphatic heterocycles. The third-order valence-corrected chi connectivity index (χ3v) is 4.81. The van der Waals surface area contributed by atoms with Gasteiger partial charge in [-0.3, -0.25) is 0 Å². The third-order valence-electron chi connectivity index (χ3n) is 4.81. The number of hydrogen-bond donors (Lipinski definition) is 1. The lowest BCUT2D eigenvalue weighted by Gasteiger charge is -2.44. The van der Waals surface area contributed by atoms with Crippen LogP contribution in [0.25, 0.3) is 0 Å². The Hall–Kier alpha value is -0.860. The zero-order chi connectivity index (χ0) is 15.1. The van der Waals surface area contributed by atoms with E-state index in [0.717, 1.165) is 13.2 Å². The Labute approximate surface area is 130 Å². The highest BCUT2D eigenvalue weighted by Crippen LogP contribution is 2.42. The Morgan fingerprint density at radius 2 is 1.76 bits per heavy atom. The van der Waals surface area contributed by atoms with Gasteiger partial charge in [0.05, 0.1) is 12.7 Å². The van der Waals surface area contributed by atoms with Gasteiger partial charge in [-0.25, -0.2) is 0 Å². The fraction of sp³-hybridized carbons (Fsp3) is 0.684. The molecule has 0 bridgehead atoms. The lowest BCUT2D eigenvalue weighted by Crippen LogP contribution is -2.52. The Morgan fingerprint density at radius 1 is 1.10 bits per heavy atom. The summed E-state index contributed by atoms with van der Waals surface area (Å²) >= 11 is 0. The van der Waals surface area contributed by atoms with E-state index in [1.807, 2.05) is 0 Å². The zero-order valence-corrected chi connectivity index (χ0v) is 13.9. The molecule has 118 valence electrons. The van der Waals surface area contributed by atoms with Crippen molar-refractivity contribution in [3.8, 4) is 0 Å². The average Bonchev–Trinajstić information content (AvgIpc) is 2.53. The van der Waals surface area contributed by atoms with Crippen molar-refractivity contribution in [3.63, 3.8) is 0 Å². The molecule has 0 spiro atoms. The summed E-state index contributed by atoms with van der Waals surface area (Å²) in [6, 6.07) is 11.5. The van der Waals surface area contributed by atoms with Gasteiger partial charge in [0.1, 0.15) is 0 Å². The molecule has 1 aromatic rings. The molecule has 1 aliphatic carbocycles. The van der Waals surface area contributed by atoms with Crippen LogP contribution in [0.3, 0.4) is 0 Å². The lowest BCUT2D eigenvalue weighted by atomic mass is 9.65. The maximum Gasteiger partial charge on any atom is 0.0631 e. The summed E-state index contributed by atoms with van der Waals surface area (Å²) in [4.78, 5) is 0. The second-order valence-electron chi connectivity index (χ2n) is 6.58. The van der Waals surface area contributed by atoms with Gasteiger partial charge >= 0.3 is 0 Å². The minimum Gasteiger partial charge on any atom is -0.377 e. The van der Waals surface area contributed by atoms with Crippen LogP contribution in [0.5, 0.6) is 0 Å². The van der Waals surface area contributed by atoms with Crippen LogP contribution in [0, 0.1) is 0 Å². The van der Waals surface area contributed by atoms with E-state index in [0.29, 0.717) is 12.1 Å². The zero-order valence-electron chi connectivity index (χ0n) is 13.9. The summed E-state index contributed by atoms with van der Waals surface area (Å²) in [5.74, 6) is 0. The van der Waals surface area contributed by atoms with Gasteiger partial charge in [0.2, 0.25) is 0 Å². The van der Waals surface area contributed by atoms with E-state index in [4.69, 9.17) is 4.74 Å². The van der Waals surface area contributed by atoms with Gasteiger partial charge in [-0.2, -0.15) is 0 Å². The van der Waals surface area contributed by atoms with Crippen LogP contribution in [0.2, 0.25) is 0 Å². The normalized spacial score (nSPS) is 19.6. The number of nitrogens with one attached hydrogen (secondary N) is 1. The molecule has 1 N–H and O–H groups in total. The molecule has 2 rings (SSSR count). The summed E-state index contributed by atoms with van der Waals surface area (Å²) in [7, 11) is 0. The van der Waals surface area contributed by atoms with E-state index < -0.39 is 0 Å². The van der Waals surface area contributed by atoms with Crippen LogP contribution in [0.15, 0.2) is 30.3 Å². The number of benzene rings is 1. The van der Waals surface area contributed by atoms with Crippen LogP contribution in [0.4, 0.5) is 0 Å². The smallest absolute Gasteiger partial charge is 0.0631 e. The molecular weight excluding hydrogens is 258 g/mol. The van der Waals surface area contributed by atoms with Gasteiger partial charge in [-0.1, -0.05) is 56.5 Å². The monoisotopic (exact) mass is 289 g/mol. The summed E-state index contributed by atoms with van der Waals surface area (Å²) in [5, 5.41) is 3.72. The molecule has 0 heterocycles. The van der Waals surface area contributed by atoms with E-state index in [1.165, 1.54) is 37.7 Å². The fourth-order valence-corrected chi connectivity index (χ4v) is 3.74. The van der Waals surface area contributed by atoms with Gasteiger partial charge < -0.3 is 10.1 Å². The topological polar surface area (TPSA) is 21.3 Å². The van der Waals surface area contributed by atoms with Crippen molar-refractivity contribution >= 4 is 0 Å². The molecule has 21 heavy (non-hydrogen) atoms. The van der Waals surface area contributed by atoms with Gasteiger partial charge in [0.25, 0.3) is 0 Å². The SMILES string of the molecule is CCNC(COC(C)C)C1(c2ccccc2)CCCCC1. The summed E-state index contributed by atoms with van der Waals surface area (Å²) in [5.41, 5.74) is 1.73. The molecule has 0 aromatic heterocycles. The molecule has 1 fully saturated rings. The van der Waals surface area contributed by atoms with Crippen molar-refractivity contribution in [2.24, 2.45) is 0 Å². The second kappa shape index (κ2) is 7.95. The van der Waals surface area contributed by atoms with Crippen LogP contribution < -0.4 is 5.32 Å². The van der Waals surface area contributed by atoms with Crippen LogP contribution in [-0.4, -0.2) is 25.3 Å². The first-order chi connectivity index (χ1) is 10.2. The molecule has 0 amide bonds. The highest BCUT2D eigenvalue weighted by atomic mass is 16.5. The predicted molar refractivity (Wildman–Crippen MR) is 89.8 cm³/mol. The molecule has 1 unspecified atom stereocenters. The first-order valence-electron chi connectivity index (χ1n) is 8.59. The Morgan fingerprint density at radius 3 is 2.33 bits per heavy atom. The molecule has 1 saturated carbocycles. The average molecular weight is 289 g/mol. The van der Waals surface area contributed by atoms with E-state index in [2.05, 4.69) is 56.4 Å². The molecule has 1 aliphatic rings. The lowest BCUT2D eigenvalue weighted by molar-refractivity contribution is 0.0338. The molecular formula is C19H31NO. The number of ether oxygens (including phenoxy) is 1. The van der Waals surface area contributed by atoms with E-state index in [9.17, 15) is 0 Å². The quantitative estimate of drug-likeness (QED) is 0.808. The fourth-order valence-electron chi connectivity index (χ4n) is 3.74. The molecule has 0 saturated heterocycles. The Bertz CT molecular complexity index is 395. The largest absolute Gasteiger partial charge is 0.377 e. The van der Waals surface area contributed by atoms with E-state index >= 15 is 0 Å². The van der Waals surface area contributed by atoms with Crippen molar-refractivity contribution < 1.29 is 4.74 Å². The third kappa shape index (κ3) is 4.08. The number of rotatable bonds is 7. The van der Waals surface area contributed by atoms with Crippen molar-refractivity contribution in [1.82, 2.24) is 5.32 Å². The molecule has 1 atom stereocenters. The molecule has 1 aromatic carbocycles. The van der Waals surface area contributed by atoms with Gasteiger partial charge in [-0.05, 0) is 38.8 Å². The standard InChI is InChI=1S/C19H31NO/c1-4-20-18(15-21-16(2)3)19(13-9-6-10-14-19)17-11-7-5-8-12-17/h5,7-8,11-12,16,18,20H,4,6,9-10,13-15H2,1-3H3. The van der Waals surface area contributed by atoms with Gasteiger partial charge in [-0.15, -0.1) is 0 Å². The van der Waals surface area contributed by atoms with Crippen molar-refractivity contribution in [1.29, 1.82) is 0 Å². The van der Waals surface area contributed by atoms with Crippen LogP contribution in [0.1, 0.15) is 58.4 Å². The summed E-state index contributed by atoms with van der Waals surface area (Å²) in [6.45, 7) is 8.25. The van der Waals surface area contributed by atoms with E-state index in [-0.39, 0.29) is 5.41 Å². The highest BCUT2D eigenvalue weighted by molar-refractivity contribution is 5.28. The van der Waals surface area contributed by atoms with Crippen molar-refractivity contribution in [3.05, 3.63) is 35.9 Å². The summed E-state index contributed by atoms with van der Waals surface area (Å²) in [6.07, 6.45) is 6.88. The number of likely N-dealkylation sites (N-methyl/N-ethyl adjacent to an activating group) is 1. The maximum absolute atomic E-state index is 5.99. The van der Waals surface area contributed by atoms with Crippen molar-refractivity contribution in [2.75, 3.05) is 13.2 Å². The van der Waals surface area contributed by atoms with E-state index in [1.54, 1.807) is 0 Å². The first kappa shape index (κ1) is 16.5. The summed E-state index contributed by atoms with van der Waals surface area (Å²) < 4.78 is 5.99. The molecule has 2 nitrogen and oxygen atoms in total. The minimum absolute atomic E-state index is 0.240. The van der Waals surface area contributed by atoms with Gasteiger partial charge in [0, 0.05) is 11.5 Å². The van der Waals surface area contributed by atoms with Gasteiger partial charge in [0.15, 0.2) is 0 Å². The number of hydrogen-bond acceptors (Lipinski definition) is 2.